The first-order chi connectivity index (χ1) is 12.8. The van der Waals surface area contributed by atoms with Crippen molar-refractivity contribution in [2.24, 2.45) is 0 Å². The molecule has 0 bridgehead atoms. The van der Waals surface area contributed by atoms with E-state index in [0.29, 0.717) is 0 Å². The number of hydrogen-bond donors (Lipinski definition) is 0. The van der Waals surface area contributed by atoms with Gasteiger partial charge in [-0.15, -0.1) is 0 Å². The fourth-order valence-electron chi connectivity index (χ4n) is 4.45. The molecule has 1 aliphatic carbocycles. The lowest BCUT2D eigenvalue weighted by molar-refractivity contribution is 1.02. The third-order valence-corrected chi connectivity index (χ3v) is 5.55. The van der Waals surface area contributed by atoms with Gasteiger partial charge in [-0.2, -0.15) is 0 Å². The van der Waals surface area contributed by atoms with Gasteiger partial charge in [-0.25, -0.2) is 0 Å². The van der Waals surface area contributed by atoms with Crippen molar-refractivity contribution < 1.29 is 0 Å². The minimum absolute atomic E-state index is 0.250. The monoisotopic (exact) mass is 332 g/mol. The SMILES string of the molecule is C=C(C)c1ccc2ccccc2c1C1c2ccccc2-c2ccccc21. The number of fused-ring (bicyclic) bond motifs is 4. The van der Waals surface area contributed by atoms with Gasteiger partial charge in [-0.3, -0.25) is 0 Å². The molecule has 4 aromatic rings. The third-order valence-electron chi connectivity index (χ3n) is 5.55. The minimum atomic E-state index is 0.250. The standard InChI is InChI=1S/C26H20/c1-17(2)19-16-15-18-9-3-4-10-20(18)25(19)26-23-13-7-5-11-21(23)22-12-6-8-14-24(22)26/h3-16,26H,1H2,2H3. The lowest BCUT2D eigenvalue weighted by atomic mass is 9.82. The maximum Gasteiger partial charge on any atom is 0.0364 e. The van der Waals surface area contributed by atoms with Crippen LogP contribution in [-0.2, 0) is 0 Å². The zero-order chi connectivity index (χ0) is 17.7. The van der Waals surface area contributed by atoms with Gasteiger partial charge in [0.25, 0.3) is 0 Å². The van der Waals surface area contributed by atoms with Crippen molar-refractivity contribution in [2.45, 2.75) is 12.8 Å². The van der Waals surface area contributed by atoms with Crippen LogP contribution in [0.25, 0.3) is 27.5 Å². The molecule has 124 valence electrons. The molecule has 0 aromatic heterocycles. The Labute approximate surface area is 154 Å². The fraction of sp³-hybridized carbons (Fsp3) is 0.0769. The zero-order valence-corrected chi connectivity index (χ0v) is 14.9. The van der Waals surface area contributed by atoms with Crippen LogP contribution in [0.5, 0.6) is 0 Å². The van der Waals surface area contributed by atoms with Gasteiger partial charge in [0.1, 0.15) is 0 Å². The van der Waals surface area contributed by atoms with Crippen molar-refractivity contribution in [3.8, 4) is 11.1 Å². The van der Waals surface area contributed by atoms with E-state index in [1.165, 1.54) is 44.2 Å². The second kappa shape index (κ2) is 5.71. The molecule has 0 spiro atoms. The van der Waals surface area contributed by atoms with Crippen LogP contribution in [0.15, 0.2) is 91.5 Å². The van der Waals surface area contributed by atoms with E-state index in [4.69, 9.17) is 0 Å². The Bertz CT molecular complexity index is 1120. The molecule has 1 aliphatic rings. The summed E-state index contributed by atoms with van der Waals surface area (Å²) >= 11 is 0. The maximum absolute atomic E-state index is 4.28. The van der Waals surface area contributed by atoms with E-state index in [1.807, 2.05) is 0 Å². The Hall–Kier alpha value is -3.12. The van der Waals surface area contributed by atoms with Crippen molar-refractivity contribution in [1.82, 2.24) is 0 Å². The maximum atomic E-state index is 4.28. The van der Waals surface area contributed by atoms with Crippen LogP contribution in [0.2, 0.25) is 0 Å². The number of hydrogen-bond acceptors (Lipinski definition) is 0. The molecule has 0 aliphatic heterocycles. The highest BCUT2D eigenvalue weighted by atomic mass is 14.3. The van der Waals surface area contributed by atoms with E-state index in [-0.39, 0.29) is 5.92 Å². The molecule has 0 nitrogen and oxygen atoms in total. The smallest absolute Gasteiger partial charge is 0.0364 e. The predicted molar refractivity (Wildman–Crippen MR) is 111 cm³/mol. The largest absolute Gasteiger partial charge is 0.0955 e. The average molecular weight is 332 g/mol. The predicted octanol–water partition coefficient (Wildman–Crippen LogP) is 7.03. The first-order valence-corrected chi connectivity index (χ1v) is 9.11. The average Bonchev–Trinajstić information content (AvgIpc) is 3.01. The number of benzene rings is 4. The van der Waals surface area contributed by atoms with Gasteiger partial charge >= 0.3 is 0 Å². The Balaban J connectivity index is 1.92. The van der Waals surface area contributed by atoms with Gasteiger partial charge in [0.05, 0.1) is 0 Å². The van der Waals surface area contributed by atoms with Crippen molar-refractivity contribution >= 4 is 16.3 Å². The lowest BCUT2D eigenvalue weighted by Crippen LogP contribution is -2.04. The van der Waals surface area contributed by atoms with Crippen molar-refractivity contribution in [3.05, 3.63) is 114 Å². The molecule has 0 heteroatoms. The molecule has 0 amide bonds. The summed E-state index contributed by atoms with van der Waals surface area (Å²) in [5.74, 6) is 0.250. The summed E-state index contributed by atoms with van der Waals surface area (Å²) in [6.07, 6.45) is 0. The molecule has 0 saturated heterocycles. The molecular weight excluding hydrogens is 312 g/mol. The van der Waals surface area contributed by atoms with Crippen LogP contribution in [-0.4, -0.2) is 0 Å². The Morgan fingerprint density at radius 1 is 0.692 bits per heavy atom. The molecule has 0 heterocycles. The highest BCUT2D eigenvalue weighted by Gasteiger charge is 2.31. The first kappa shape index (κ1) is 15.2. The van der Waals surface area contributed by atoms with Crippen LogP contribution >= 0.6 is 0 Å². The molecule has 4 aromatic carbocycles. The number of rotatable bonds is 2. The van der Waals surface area contributed by atoms with Gasteiger partial charge in [0.2, 0.25) is 0 Å². The molecule has 0 saturated carbocycles. The summed E-state index contributed by atoms with van der Waals surface area (Å²) in [7, 11) is 0. The summed E-state index contributed by atoms with van der Waals surface area (Å²) in [6.45, 7) is 6.39. The van der Waals surface area contributed by atoms with Crippen molar-refractivity contribution in [3.63, 3.8) is 0 Å². The summed E-state index contributed by atoms with van der Waals surface area (Å²) in [5.41, 5.74) is 9.27. The third kappa shape index (κ3) is 2.09. The highest BCUT2D eigenvalue weighted by Crippen LogP contribution is 2.50. The van der Waals surface area contributed by atoms with E-state index in [0.717, 1.165) is 5.57 Å². The lowest BCUT2D eigenvalue weighted by Gasteiger charge is -2.21. The topological polar surface area (TPSA) is 0 Å². The second-order valence-corrected chi connectivity index (χ2v) is 7.14. The van der Waals surface area contributed by atoms with Crippen LogP contribution < -0.4 is 0 Å². The molecule has 5 rings (SSSR count). The fourth-order valence-corrected chi connectivity index (χ4v) is 4.45. The van der Waals surface area contributed by atoms with Gasteiger partial charge in [-0.05, 0) is 51.1 Å². The Kier molecular flexibility index (Phi) is 3.33. The number of allylic oxidation sites excluding steroid dienone is 1. The van der Waals surface area contributed by atoms with Crippen LogP contribution in [0.4, 0.5) is 0 Å². The summed E-state index contributed by atoms with van der Waals surface area (Å²) in [6, 6.07) is 30.8. The van der Waals surface area contributed by atoms with E-state index in [1.54, 1.807) is 0 Å². The van der Waals surface area contributed by atoms with Crippen LogP contribution in [0, 0.1) is 0 Å². The highest BCUT2D eigenvalue weighted by molar-refractivity contribution is 5.94. The Morgan fingerprint density at radius 3 is 1.92 bits per heavy atom. The summed E-state index contributed by atoms with van der Waals surface area (Å²) < 4.78 is 0. The van der Waals surface area contributed by atoms with E-state index in [2.05, 4.69) is 98.4 Å². The van der Waals surface area contributed by atoms with Gasteiger partial charge in [0, 0.05) is 5.92 Å². The van der Waals surface area contributed by atoms with Crippen molar-refractivity contribution in [2.75, 3.05) is 0 Å². The normalized spacial score (nSPS) is 12.8. The van der Waals surface area contributed by atoms with E-state index < -0.39 is 0 Å². The Morgan fingerprint density at radius 2 is 1.27 bits per heavy atom. The van der Waals surface area contributed by atoms with Gasteiger partial charge in [0.15, 0.2) is 0 Å². The van der Waals surface area contributed by atoms with E-state index in [9.17, 15) is 0 Å². The molecule has 0 N–H and O–H groups in total. The van der Waals surface area contributed by atoms with Crippen LogP contribution in [0.3, 0.4) is 0 Å². The molecule has 0 unspecified atom stereocenters. The molecule has 0 atom stereocenters. The molecule has 0 fully saturated rings. The minimum Gasteiger partial charge on any atom is -0.0955 e. The summed E-state index contributed by atoms with van der Waals surface area (Å²) in [4.78, 5) is 0. The van der Waals surface area contributed by atoms with Crippen molar-refractivity contribution in [1.29, 1.82) is 0 Å². The second-order valence-electron chi connectivity index (χ2n) is 7.14. The van der Waals surface area contributed by atoms with E-state index >= 15 is 0 Å². The zero-order valence-electron chi connectivity index (χ0n) is 14.9. The van der Waals surface area contributed by atoms with Gasteiger partial charge in [-0.1, -0.05) is 97.1 Å². The van der Waals surface area contributed by atoms with Crippen LogP contribution in [0.1, 0.15) is 35.1 Å². The quantitative estimate of drug-likeness (QED) is 0.325. The molecule has 26 heavy (non-hydrogen) atoms. The first-order valence-electron chi connectivity index (χ1n) is 9.11. The molecular formula is C26H20. The van der Waals surface area contributed by atoms with Gasteiger partial charge < -0.3 is 0 Å². The summed E-state index contributed by atoms with van der Waals surface area (Å²) in [5, 5.41) is 2.61. The molecule has 0 radical (unpaired) electrons.